The number of ether oxygens (including phenoxy) is 2. The Balaban J connectivity index is 1.08. The minimum atomic E-state index is -1.73. The topological polar surface area (TPSA) is 138 Å². The second-order valence-electron chi connectivity index (χ2n) is 13.9. The number of carbonyl (C=O) groups is 4. The molecule has 1 N–H and O–H groups in total. The van der Waals surface area contributed by atoms with Crippen LogP contribution in [0.3, 0.4) is 0 Å². The summed E-state index contributed by atoms with van der Waals surface area (Å²) in [6.45, 7) is 0. The van der Waals surface area contributed by atoms with Crippen molar-refractivity contribution in [3.8, 4) is 0 Å². The van der Waals surface area contributed by atoms with Crippen LogP contribution in [0.4, 0.5) is 0 Å². The molecular weight excluding hydrogens is 753 g/mol. The molecule has 1 aromatic heterocycles. The summed E-state index contributed by atoms with van der Waals surface area (Å²) in [4.78, 5) is 56.3. The van der Waals surface area contributed by atoms with E-state index in [4.69, 9.17) is 13.9 Å². The van der Waals surface area contributed by atoms with Crippen molar-refractivity contribution in [1.82, 2.24) is 10.2 Å². The highest BCUT2D eigenvalue weighted by atomic mass is 32.2. The van der Waals surface area contributed by atoms with E-state index in [1.165, 1.54) is 11.0 Å². The van der Waals surface area contributed by atoms with Crippen molar-refractivity contribution in [2.45, 2.75) is 36.5 Å². The molecule has 3 atom stereocenters. The highest BCUT2D eigenvalue weighted by Gasteiger charge is 2.61. The van der Waals surface area contributed by atoms with Gasteiger partial charge in [0.25, 0.3) is 5.91 Å². The Bertz CT molecular complexity index is 2350. The highest BCUT2D eigenvalue weighted by Crippen LogP contribution is 2.40. The molecule has 8 rings (SSSR count). The third kappa shape index (κ3) is 8.22. The summed E-state index contributed by atoms with van der Waals surface area (Å²) in [5.74, 6) is -2.41. The van der Waals surface area contributed by atoms with E-state index >= 15 is 0 Å². The van der Waals surface area contributed by atoms with Crippen molar-refractivity contribution in [2.75, 3.05) is 5.75 Å². The van der Waals surface area contributed by atoms with Gasteiger partial charge in [0.1, 0.15) is 17.2 Å². The van der Waals surface area contributed by atoms with Crippen LogP contribution in [-0.4, -0.2) is 50.4 Å². The number of furan rings is 1. The number of nitrogens with zero attached hydrogens (tertiary/aromatic N) is 1. The Morgan fingerprint density at radius 3 is 1.64 bits per heavy atom. The van der Waals surface area contributed by atoms with Crippen molar-refractivity contribution in [1.29, 1.82) is 0 Å². The molecule has 3 heterocycles. The first kappa shape index (κ1) is 38.2. The average molecular weight is 791 g/mol. The molecule has 6 aromatic rings. The number of hydrogen-bond acceptors (Lipinski definition) is 8. The standard InChI is InChI=1S/C47H38N2O8S/c50-39(28-31-16-6-1-7-17-31)48-40-44(51)49-41(47(53)57-43(34-22-12-4-13-23-34)35-24-14-5-15-25-35)36(30-58(54)45(40)49)29-37-26-27-38(55-37)46(52)56-42(32-18-8-2-9-19-32)33-20-10-3-11-21-33/h1-27,40,42-43,45H,28-30H2,(H,48,50)/t40-,45+,58?/m1/s1. The first-order chi connectivity index (χ1) is 28.3. The predicted octanol–water partition coefficient (Wildman–Crippen LogP) is 7.01. The molecule has 2 aliphatic heterocycles. The molecular formula is C47H38N2O8S. The molecule has 58 heavy (non-hydrogen) atoms. The van der Waals surface area contributed by atoms with E-state index in [-0.39, 0.29) is 35.8 Å². The molecule has 0 saturated carbocycles. The molecule has 2 aliphatic rings. The first-order valence-corrected chi connectivity index (χ1v) is 20.2. The summed E-state index contributed by atoms with van der Waals surface area (Å²) in [7, 11) is 0. The van der Waals surface area contributed by atoms with Crippen molar-refractivity contribution in [3.05, 3.63) is 214 Å². The lowest BCUT2D eigenvalue weighted by Crippen LogP contribution is -2.75. The summed E-state index contributed by atoms with van der Waals surface area (Å²) >= 11 is -1.73. The number of carbonyl (C=O) groups excluding carboxylic acids is 4. The normalized spacial score (nSPS) is 17.4. The fraction of sp³-hybridized carbons (Fsp3) is 0.149. The molecule has 1 unspecified atom stereocenters. The van der Waals surface area contributed by atoms with Gasteiger partial charge >= 0.3 is 11.9 Å². The second-order valence-corrected chi connectivity index (χ2v) is 15.5. The smallest absolute Gasteiger partial charge is 0.375 e. The lowest BCUT2D eigenvalue weighted by atomic mass is 9.99. The first-order valence-electron chi connectivity index (χ1n) is 18.8. The fourth-order valence-corrected chi connectivity index (χ4v) is 8.96. The van der Waals surface area contributed by atoms with Crippen LogP contribution in [0.5, 0.6) is 0 Å². The lowest BCUT2D eigenvalue weighted by Gasteiger charge is -2.49. The van der Waals surface area contributed by atoms with Gasteiger partial charge in [0.2, 0.25) is 17.0 Å². The summed E-state index contributed by atoms with van der Waals surface area (Å²) in [6, 6.07) is 48.2. The van der Waals surface area contributed by atoms with Crippen LogP contribution in [0, 0.1) is 0 Å². The quantitative estimate of drug-likeness (QED) is 0.0750. The van der Waals surface area contributed by atoms with Crippen LogP contribution < -0.4 is 5.32 Å². The molecule has 0 spiro atoms. The minimum Gasteiger partial charge on any atom is -0.614 e. The van der Waals surface area contributed by atoms with Gasteiger partial charge < -0.3 is 23.8 Å². The number of rotatable bonds is 13. The summed E-state index contributed by atoms with van der Waals surface area (Å²) in [5, 5.41) is 1.75. The van der Waals surface area contributed by atoms with Crippen LogP contribution in [0.1, 0.15) is 56.3 Å². The van der Waals surface area contributed by atoms with Gasteiger partial charge in [-0.05, 0) is 51.1 Å². The molecule has 5 aromatic carbocycles. The van der Waals surface area contributed by atoms with Gasteiger partial charge in [0, 0.05) is 12.0 Å². The largest absolute Gasteiger partial charge is 0.614 e. The maximum absolute atomic E-state index is 14.5. The van der Waals surface area contributed by atoms with Gasteiger partial charge in [-0.25, -0.2) is 9.59 Å². The second kappa shape index (κ2) is 17.2. The van der Waals surface area contributed by atoms with Crippen LogP contribution in [-0.2, 0) is 47.9 Å². The van der Waals surface area contributed by atoms with Crippen molar-refractivity contribution < 1.29 is 37.6 Å². The molecule has 0 aliphatic carbocycles. The zero-order chi connectivity index (χ0) is 40.0. The number of fused-ring (bicyclic) bond motifs is 1. The number of benzene rings is 5. The van der Waals surface area contributed by atoms with Crippen LogP contribution in [0.25, 0.3) is 0 Å². The molecule has 11 heteroatoms. The molecule has 290 valence electrons. The molecule has 0 radical (unpaired) electrons. The summed E-state index contributed by atoms with van der Waals surface area (Å²) < 4.78 is 32.2. The summed E-state index contributed by atoms with van der Waals surface area (Å²) in [5.41, 5.74) is 3.97. The Morgan fingerprint density at radius 1 is 0.672 bits per heavy atom. The van der Waals surface area contributed by atoms with Crippen LogP contribution in [0.15, 0.2) is 179 Å². The van der Waals surface area contributed by atoms with Crippen molar-refractivity contribution in [2.24, 2.45) is 0 Å². The molecule has 2 amide bonds. The number of amides is 2. The summed E-state index contributed by atoms with van der Waals surface area (Å²) in [6.07, 6.45) is -1.57. The Morgan fingerprint density at radius 2 is 1.14 bits per heavy atom. The fourth-order valence-electron chi connectivity index (χ4n) is 7.27. The Kier molecular flexibility index (Phi) is 11.3. The van der Waals surface area contributed by atoms with E-state index in [9.17, 15) is 23.7 Å². The zero-order valence-electron chi connectivity index (χ0n) is 31.1. The zero-order valence-corrected chi connectivity index (χ0v) is 32.0. The molecule has 1 saturated heterocycles. The number of hydrogen-bond donors (Lipinski definition) is 1. The third-order valence-corrected chi connectivity index (χ3v) is 11.7. The molecule has 10 nitrogen and oxygen atoms in total. The van der Waals surface area contributed by atoms with E-state index in [1.807, 2.05) is 140 Å². The van der Waals surface area contributed by atoms with E-state index < -0.39 is 58.6 Å². The Labute approximate surface area is 338 Å². The van der Waals surface area contributed by atoms with E-state index in [0.29, 0.717) is 16.7 Å². The average Bonchev–Trinajstić information content (AvgIpc) is 3.74. The van der Waals surface area contributed by atoms with Crippen molar-refractivity contribution in [3.63, 3.8) is 0 Å². The van der Waals surface area contributed by atoms with Gasteiger partial charge in [-0.2, -0.15) is 0 Å². The SMILES string of the molecule is O=C(Cc1ccccc1)N[C@@H]1C(=O)N2C(C(=O)OC(c3ccccc3)c3ccccc3)=C(Cc3ccc(C(=O)OC(c4ccccc4)c4ccccc4)o3)C[S+]([O-])[C@@H]12. The van der Waals surface area contributed by atoms with E-state index in [0.717, 1.165) is 16.7 Å². The predicted molar refractivity (Wildman–Crippen MR) is 216 cm³/mol. The van der Waals surface area contributed by atoms with Gasteiger partial charge in [-0.3, -0.25) is 14.5 Å². The minimum absolute atomic E-state index is 0.0243. The van der Waals surface area contributed by atoms with Gasteiger partial charge in [-0.15, -0.1) is 0 Å². The molecule has 1 fully saturated rings. The number of esters is 2. The van der Waals surface area contributed by atoms with Gasteiger partial charge in [-0.1, -0.05) is 152 Å². The highest BCUT2D eigenvalue weighted by molar-refractivity contribution is 7.92. The maximum Gasteiger partial charge on any atom is 0.375 e. The number of nitrogens with one attached hydrogen (secondary N) is 1. The van der Waals surface area contributed by atoms with Crippen LogP contribution >= 0.6 is 0 Å². The lowest BCUT2D eigenvalue weighted by molar-refractivity contribution is -0.155. The van der Waals surface area contributed by atoms with Crippen LogP contribution in [0.2, 0.25) is 0 Å². The monoisotopic (exact) mass is 790 g/mol. The number of β-lactam (4-membered cyclic amide) rings is 1. The Hall–Kier alpha value is -6.69. The maximum atomic E-state index is 14.5. The third-order valence-electron chi connectivity index (χ3n) is 10.0. The van der Waals surface area contributed by atoms with Gasteiger partial charge in [0.15, 0.2) is 18.2 Å². The molecule has 0 bridgehead atoms. The van der Waals surface area contributed by atoms with Crippen molar-refractivity contribution >= 4 is 34.9 Å². The van der Waals surface area contributed by atoms with E-state index in [2.05, 4.69) is 5.32 Å². The van der Waals surface area contributed by atoms with E-state index in [1.54, 1.807) is 18.2 Å². The van der Waals surface area contributed by atoms with Gasteiger partial charge in [0.05, 0.1) is 6.42 Å².